The first-order chi connectivity index (χ1) is 15.3. The van der Waals surface area contributed by atoms with E-state index < -0.39 is 0 Å². The molecule has 3 aromatic rings. The Morgan fingerprint density at radius 2 is 1.58 bits per heavy atom. The fourth-order valence-corrected chi connectivity index (χ4v) is 6.61. The van der Waals surface area contributed by atoms with Crippen LogP contribution in [0, 0.1) is 0 Å². The molecular formula is C27H35N2S2+. The molecular weight excluding hydrogens is 416 g/mol. The van der Waals surface area contributed by atoms with Gasteiger partial charge in [0, 0.05) is 23.9 Å². The fourth-order valence-electron chi connectivity index (χ4n) is 4.28. The quantitative estimate of drug-likeness (QED) is 0.214. The molecule has 1 aromatic heterocycles. The molecule has 0 amide bonds. The Hall–Kier alpha value is -1.78. The van der Waals surface area contributed by atoms with Gasteiger partial charge in [-0.05, 0) is 31.0 Å². The van der Waals surface area contributed by atoms with Crippen molar-refractivity contribution in [2.45, 2.75) is 76.7 Å². The number of hydrogen-bond donors (Lipinski definition) is 0. The third kappa shape index (κ3) is 5.35. The number of thiazole rings is 1. The zero-order chi connectivity index (χ0) is 21.5. The second kappa shape index (κ2) is 11.2. The second-order valence-corrected chi connectivity index (χ2v) is 10.5. The molecule has 0 unspecified atom stereocenters. The van der Waals surface area contributed by atoms with E-state index in [-0.39, 0.29) is 0 Å². The van der Waals surface area contributed by atoms with Crippen molar-refractivity contribution in [3.05, 3.63) is 58.6 Å². The van der Waals surface area contributed by atoms with Gasteiger partial charge in [-0.3, -0.25) is 0 Å². The number of rotatable bonds is 11. The van der Waals surface area contributed by atoms with Crippen molar-refractivity contribution in [3.8, 4) is 0 Å². The van der Waals surface area contributed by atoms with Crippen molar-refractivity contribution in [2.24, 2.45) is 0 Å². The first kappa shape index (κ1) is 22.4. The normalized spacial score (nSPS) is 14.6. The number of hydrogen-bond acceptors (Lipinski definition) is 3. The van der Waals surface area contributed by atoms with Gasteiger partial charge in [-0.25, -0.2) is 0 Å². The van der Waals surface area contributed by atoms with Crippen molar-refractivity contribution >= 4 is 45.1 Å². The summed E-state index contributed by atoms with van der Waals surface area (Å²) in [6, 6.07) is 17.8. The Balaban J connectivity index is 1.64. The van der Waals surface area contributed by atoms with Crippen molar-refractivity contribution < 1.29 is 4.57 Å². The van der Waals surface area contributed by atoms with Crippen LogP contribution < -0.4 is 9.47 Å². The molecule has 4 heteroatoms. The maximum atomic E-state index is 2.56. The number of benzene rings is 2. The molecule has 4 rings (SSSR count). The molecule has 1 aliphatic heterocycles. The fraction of sp³-hybridized carbons (Fsp3) is 0.444. The van der Waals surface area contributed by atoms with E-state index in [2.05, 4.69) is 77.9 Å². The summed E-state index contributed by atoms with van der Waals surface area (Å²) in [5, 5.41) is 2.76. The second-order valence-electron chi connectivity index (χ2n) is 8.38. The molecule has 0 bridgehead atoms. The zero-order valence-electron chi connectivity index (χ0n) is 19.0. The number of nitrogens with zero attached hydrogens (tertiary/aromatic N) is 2. The Kier molecular flexibility index (Phi) is 8.09. The number of fused-ring (bicyclic) bond motifs is 2. The van der Waals surface area contributed by atoms with Gasteiger partial charge in [0.1, 0.15) is 4.70 Å². The van der Waals surface area contributed by atoms with Crippen LogP contribution in [0.2, 0.25) is 0 Å². The Bertz CT molecular complexity index is 1020. The van der Waals surface area contributed by atoms with E-state index in [0.717, 1.165) is 13.1 Å². The van der Waals surface area contributed by atoms with Crippen LogP contribution in [0.4, 0.5) is 5.69 Å². The molecule has 0 saturated carbocycles. The summed E-state index contributed by atoms with van der Waals surface area (Å²) in [5.41, 5.74) is 2.76. The van der Waals surface area contributed by atoms with Gasteiger partial charge in [-0.15, -0.1) is 0 Å². The van der Waals surface area contributed by atoms with Gasteiger partial charge >= 0.3 is 0 Å². The van der Waals surface area contributed by atoms with Gasteiger partial charge in [0.2, 0.25) is 5.52 Å². The van der Waals surface area contributed by atoms with Crippen LogP contribution in [0.3, 0.4) is 0 Å². The molecule has 0 N–H and O–H groups in total. The third-order valence-corrected chi connectivity index (χ3v) is 8.22. The Morgan fingerprint density at radius 3 is 2.42 bits per heavy atom. The monoisotopic (exact) mass is 451 g/mol. The molecule has 31 heavy (non-hydrogen) atoms. The predicted octanol–water partition coefficient (Wildman–Crippen LogP) is 8.26. The van der Waals surface area contributed by atoms with Crippen LogP contribution in [-0.4, -0.2) is 6.54 Å². The topological polar surface area (TPSA) is 7.12 Å². The van der Waals surface area contributed by atoms with Crippen LogP contribution in [0.5, 0.6) is 0 Å². The number of thioether (sulfide) groups is 1. The number of unbranched alkanes of at least 4 members (excludes halogenated alkanes) is 6. The van der Waals surface area contributed by atoms with Crippen molar-refractivity contribution in [3.63, 3.8) is 0 Å². The lowest BCUT2D eigenvalue weighted by Crippen LogP contribution is -2.35. The lowest BCUT2D eigenvalue weighted by atomic mass is 10.2. The standard InChI is InChI=1S/C27H35N2S2/c1-3-5-7-13-19-28-22-15-9-11-17-24(22)30-26(28)21-27-29(20-14-8-6-4-2)23-16-10-12-18-25(23)31-27/h9-12,15-18,21H,3-8,13-14,19-20H2,1-2H3/q+1. The van der Waals surface area contributed by atoms with E-state index >= 15 is 0 Å². The number of aromatic nitrogens is 1. The molecule has 2 aromatic carbocycles. The van der Waals surface area contributed by atoms with Crippen LogP contribution >= 0.6 is 23.1 Å². The van der Waals surface area contributed by atoms with Crippen LogP contribution in [0.25, 0.3) is 16.3 Å². The molecule has 2 heterocycles. The molecule has 2 nitrogen and oxygen atoms in total. The summed E-state index contributed by atoms with van der Waals surface area (Å²) >= 11 is 3.87. The van der Waals surface area contributed by atoms with E-state index in [9.17, 15) is 0 Å². The largest absolute Gasteiger partial charge is 0.335 e. The van der Waals surface area contributed by atoms with Crippen LogP contribution in [0.15, 0.2) is 58.5 Å². The summed E-state index contributed by atoms with van der Waals surface area (Å²) in [4.78, 5) is 3.95. The van der Waals surface area contributed by atoms with Crippen molar-refractivity contribution in [1.82, 2.24) is 0 Å². The minimum Gasteiger partial charge on any atom is -0.335 e. The lowest BCUT2D eigenvalue weighted by molar-refractivity contribution is -0.669. The molecule has 164 valence electrons. The number of aryl methyl sites for hydroxylation is 1. The predicted molar refractivity (Wildman–Crippen MR) is 138 cm³/mol. The van der Waals surface area contributed by atoms with Gasteiger partial charge < -0.3 is 4.90 Å². The van der Waals surface area contributed by atoms with Gasteiger partial charge in [0.05, 0.1) is 16.8 Å². The van der Waals surface area contributed by atoms with Gasteiger partial charge in [-0.1, -0.05) is 93.3 Å². The highest BCUT2D eigenvalue weighted by Crippen LogP contribution is 2.46. The van der Waals surface area contributed by atoms with Crippen LogP contribution in [0.1, 0.15) is 70.2 Å². The molecule has 0 radical (unpaired) electrons. The van der Waals surface area contributed by atoms with E-state index in [1.54, 1.807) is 0 Å². The first-order valence-corrected chi connectivity index (χ1v) is 13.6. The maximum Gasteiger partial charge on any atom is 0.265 e. The molecule has 1 aliphatic rings. The van der Waals surface area contributed by atoms with Gasteiger partial charge in [-0.2, -0.15) is 4.57 Å². The van der Waals surface area contributed by atoms with Gasteiger partial charge in [0.15, 0.2) is 6.54 Å². The average molecular weight is 452 g/mol. The molecule has 0 aliphatic carbocycles. The number of anilines is 1. The van der Waals surface area contributed by atoms with Crippen molar-refractivity contribution in [1.29, 1.82) is 0 Å². The third-order valence-electron chi connectivity index (χ3n) is 5.99. The summed E-state index contributed by atoms with van der Waals surface area (Å²) < 4.78 is 3.95. The summed E-state index contributed by atoms with van der Waals surface area (Å²) in [5.74, 6) is 0. The highest BCUT2D eigenvalue weighted by molar-refractivity contribution is 8.03. The molecule has 0 fully saturated rings. The molecule has 0 saturated heterocycles. The molecule has 0 atom stereocenters. The SMILES string of the molecule is CCCCCCN1/C(=C\c2sc3ccccc3[n+]2CCCCCC)Sc2ccccc21. The zero-order valence-corrected chi connectivity index (χ0v) is 20.6. The highest BCUT2D eigenvalue weighted by atomic mass is 32.2. The van der Waals surface area contributed by atoms with E-state index in [1.807, 2.05) is 23.1 Å². The average Bonchev–Trinajstić information content (AvgIpc) is 3.32. The smallest absolute Gasteiger partial charge is 0.265 e. The van der Waals surface area contributed by atoms with Gasteiger partial charge in [0.25, 0.3) is 5.01 Å². The Labute approximate surface area is 196 Å². The Morgan fingerprint density at radius 1 is 0.839 bits per heavy atom. The summed E-state index contributed by atoms with van der Waals surface area (Å²) in [7, 11) is 0. The maximum absolute atomic E-state index is 2.56. The lowest BCUT2D eigenvalue weighted by Gasteiger charge is -2.20. The molecule has 0 spiro atoms. The van der Waals surface area contributed by atoms with E-state index in [0.29, 0.717) is 0 Å². The van der Waals surface area contributed by atoms with Crippen molar-refractivity contribution in [2.75, 3.05) is 11.4 Å². The highest BCUT2D eigenvalue weighted by Gasteiger charge is 2.27. The van der Waals surface area contributed by atoms with Crippen LogP contribution in [-0.2, 0) is 6.54 Å². The first-order valence-electron chi connectivity index (χ1n) is 12.0. The van der Waals surface area contributed by atoms with E-state index in [1.165, 1.54) is 82.2 Å². The minimum absolute atomic E-state index is 1.11. The summed E-state index contributed by atoms with van der Waals surface area (Å²) in [6.45, 7) is 6.79. The summed E-state index contributed by atoms with van der Waals surface area (Å²) in [6.07, 6.45) is 12.8. The minimum atomic E-state index is 1.11. The van der Waals surface area contributed by atoms with E-state index in [4.69, 9.17) is 0 Å². The number of para-hydroxylation sites is 2.